The van der Waals surface area contributed by atoms with Gasteiger partial charge in [-0.2, -0.15) is 0 Å². The minimum atomic E-state index is -1.14. The van der Waals surface area contributed by atoms with Gasteiger partial charge in [-0.05, 0) is 50.8 Å². The molecule has 1 aliphatic rings. The van der Waals surface area contributed by atoms with Crippen molar-refractivity contribution < 1.29 is 28.7 Å². The highest BCUT2D eigenvalue weighted by Gasteiger charge is 2.43. The molecule has 0 saturated carbocycles. The number of Topliss-reactive ketones (excluding diaryl/α,β-unsaturated/α-hetero) is 2. The average molecular weight is 438 g/mol. The first-order valence-corrected chi connectivity index (χ1v) is 10.4. The van der Waals surface area contributed by atoms with Gasteiger partial charge in [-0.25, -0.2) is 4.79 Å². The Hall–Kier alpha value is -3.55. The minimum absolute atomic E-state index is 0.0148. The molecule has 0 fully saturated rings. The van der Waals surface area contributed by atoms with Crippen molar-refractivity contribution in [3.8, 4) is 0 Å². The number of hydrogen-bond acceptors (Lipinski definition) is 6. The smallest absolute Gasteiger partial charge is 0.329 e. The fourth-order valence-corrected chi connectivity index (χ4v) is 4.11. The fraction of sp³-hybridized carbons (Fsp3) is 0.375. The maximum Gasteiger partial charge on any atom is 0.329 e. The molecule has 1 aliphatic heterocycles. The van der Waals surface area contributed by atoms with Crippen molar-refractivity contribution >= 4 is 29.4 Å². The number of carbonyl (C=O) groups is 5. The Kier molecular flexibility index (Phi) is 6.43. The van der Waals surface area contributed by atoms with Gasteiger partial charge in [0.05, 0.1) is 16.8 Å². The number of carbonyl (C=O) groups excluding carboxylic acids is 5. The quantitative estimate of drug-likeness (QED) is 0.384. The molecule has 32 heavy (non-hydrogen) atoms. The number of rotatable bonds is 8. The van der Waals surface area contributed by atoms with Crippen molar-refractivity contribution in [2.24, 2.45) is 5.92 Å². The topological polar surface area (TPSA) is 114 Å². The van der Waals surface area contributed by atoms with E-state index in [1.807, 2.05) is 13.8 Å². The predicted octanol–water partition coefficient (Wildman–Crippen LogP) is 3.27. The number of esters is 1. The van der Waals surface area contributed by atoms with Crippen LogP contribution in [0.5, 0.6) is 0 Å². The summed E-state index contributed by atoms with van der Waals surface area (Å²) in [5, 5.41) is 0. The molecule has 3 rings (SSSR count). The third-order valence-electron chi connectivity index (χ3n) is 5.52. The van der Waals surface area contributed by atoms with Crippen molar-refractivity contribution in [3.63, 3.8) is 0 Å². The van der Waals surface area contributed by atoms with Crippen LogP contribution in [-0.2, 0) is 9.53 Å². The fourth-order valence-electron chi connectivity index (χ4n) is 4.11. The Bertz CT molecular complexity index is 1090. The van der Waals surface area contributed by atoms with Crippen molar-refractivity contribution in [2.45, 2.75) is 47.1 Å². The zero-order valence-corrected chi connectivity index (χ0v) is 18.8. The molecule has 1 unspecified atom stereocenters. The number of ketones is 2. The zero-order valence-electron chi connectivity index (χ0n) is 18.8. The van der Waals surface area contributed by atoms with Gasteiger partial charge in [-0.3, -0.25) is 24.1 Å². The van der Waals surface area contributed by atoms with Crippen LogP contribution in [-0.4, -0.2) is 51.9 Å². The van der Waals surface area contributed by atoms with E-state index < -0.39 is 36.2 Å². The van der Waals surface area contributed by atoms with E-state index in [1.54, 1.807) is 38.1 Å². The average Bonchev–Trinajstić information content (AvgIpc) is 3.17. The predicted molar refractivity (Wildman–Crippen MR) is 116 cm³/mol. The van der Waals surface area contributed by atoms with E-state index in [9.17, 15) is 24.0 Å². The van der Waals surface area contributed by atoms with Crippen LogP contribution < -0.4 is 0 Å². The number of ether oxygens (including phenoxy) is 1. The summed E-state index contributed by atoms with van der Waals surface area (Å²) in [4.78, 5) is 66.9. The molecule has 2 amide bonds. The van der Waals surface area contributed by atoms with Crippen LogP contribution in [0.2, 0.25) is 0 Å². The molecule has 1 aromatic heterocycles. The molecule has 168 valence electrons. The second-order valence-corrected chi connectivity index (χ2v) is 8.38. The van der Waals surface area contributed by atoms with E-state index >= 15 is 0 Å². The van der Waals surface area contributed by atoms with Gasteiger partial charge < -0.3 is 9.72 Å². The third kappa shape index (κ3) is 4.12. The monoisotopic (exact) mass is 438 g/mol. The SMILES string of the molecule is CC(=O)c1c(C)[nH]c(C(=O)COC(=O)C(CC(C)C)N2C(=O)c3ccccc3C2=O)c1C. The molecule has 8 heteroatoms. The van der Waals surface area contributed by atoms with Gasteiger partial charge >= 0.3 is 5.97 Å². The van der Waals surface area contributed by atoms with Crippen LogP contribution in [0.15, 0.2) is 24.3 Å². The maximum atomic E-state index is 12.9. The molecular formula is C24H26N2O6. The Morgan fingerprint density at radius 1 is 1.03 bits per heavy atom. The number of imide groups is 1. The lowest BCUT2D eigenvalue weighted by Crippen LogP contribution is -2.46. The largest absolute Gasteiger partial charge is 0.456 e. The van der Waals surface area contributed by atoms with E-state index in [2.05, 4.69) is 4.98 Å². The van der Waals surface area contributed by atoms with Gasteiger partial charge in [0.2, 0.25) is 5.78 Å². The zero-order chi connectivity index (χ0) is 23.7. The third-order valence-corrected chi connectivity index (χ3v) is 5.52. The molecule has 1 atom stereocenters. The van der Waals surface area contributed by atoms with Crippen molar-refractivity contribution in [1.29, 1.82) is 0 Å². The number of benzene rings is 1. The molecule has 1 N–H and O–H groups in total. The number of fused-ring (bicyclic) bond motifs is 1. The molecule has 0 aliphatic carbocycles. The number of aromatic amines is 1. The Balaban J connectivity index is 1.79. The van der Waals surface area contributed by atoms with Gasteiger partial charge in [0, 0.05) is 11.3 Å². The number of nitrogens with zero attached hydrogens (tertiary/aromatic N) is 1. The van der Waals surface area contributed by atoms with E-state index in [0.29, 0.717) is 16.8 Å². The highest BCUT2D eigenvalue weighted by molar-refractivity contribution is 6.22. The molecule has 8 nitrogen and oxygen atoms in total. The van der Waals surface area contributed by atoms with E-state index in [4.69, 9.17) is 4.74 Å². The lowest BCUT2D eigenvalue weighted by molar-refractivity contribution is -0.147. The van der Waals surface area contributed by atoms with Crippen LogP contribution in [0.25, 0.3) is 0 Å². The van der Waals surface area contributed by atoms with Crippen LogP contribution in [0.1, 0.15) is 80.0 Å². The molecule has 2 heterocycles. The first kappa shape index (κ1) is 23.1. The molecule has 1 aromatic carbocycles. The van der Waals surface area contributed by atoms with E-state index in [0.717, 1.165) is 4.90 Å². The number of aromatic nitrogens is 1. The summed E-state index contributed by atoms with van der Waals surface area (Å²) < 4.78 is 5.25. The van der Waals surface area contributed by atoms with Crippen LogP contribution in [0, 0.1) is 19.8 Å². The molecule has 0 bridgehead atoms. The van der Waals surface area contributed by atoms with Crippen LogP contribution in [0.3, 0.4) is 0 Å². The second-order valence-electron chi connectivity index (χ2n) is 8.38. The number of nitrogens with one attached hydrogen (secondary N) is 1. The lowest BCUT2D eigenvalue weighted by Gasteiger charge is -2.25. The number of aryl methyl sites for hydroxylation is 1. The van der Waals surface area contributed by atoms with Gasteiger partial charge in [0.1, 0.15) is 6.04 Å². The summed E-state index contributed by atoms with van der Waals surface area (Å²) in [6, 6.07) is 5.24. The summed E-state index contributed by atoms with van der Waals surface area (Å²) >= 11 is 0. The molecular weight excluding hydrogens is 412 g/mol. The Morgan fingerprint density at radius 2 is 1.59 bits per heavy atom. The van der Waals surface area contributed by atoms with Gasteiger partial charge in [-0.1, -0.05) is 26.0 Å². The minimum Gasteiger partial charge on any atom is -0.456 e. The van der Waals surface area contributed by atoms with Crippen molar-refractivity contribution in [3.05, 3.63) is 57.9 Å². The first-order chi connectivity index (χ1) is 15.0. The summed E-state index contributed by atoms with van der Waals surface area (Å²) in [6.45, 7) is 7.89. The molecule has 0 spiro atoms. The number of H-pyrrole nitrogens is 1. The molecule has 0 saturated heterocycles. The van der Waals surface area contributed by atoms with Crippen LogP contribution >= 0.6 is 0 Å². The number of hydrogen-bond donors (Lipinski definition) is 1. The lowest BCUT2D eigenvalue weighted by atomic mass is 10.0. The second kappa shape index (κ2) is 8.90. The maximum absolute atomic E-state index is 12.9. The van der Waals surface area contributed by atoms with Crippen LogP contribution in [0.4, 0.5) is 0 Å². The van der Waals surface area contributed by atoms with Gasteiger partial charge in [-0.15, -0.1) is 0 Å². The first-order valence-electron chi connectivity index (χ1n) is 10.4. The summed E-state index contributed by atoms with van der Waals surface area (Å²) in [6.07, 6.45) is 0.202. The van der Waals surface area contributed by atoms with Gasteiger partial charge in [0.15, 0.2) is 12.4 Å². The Morgan fingerprint density at radius 3 is 2.06 bits per heavy atom. The highest BCUT2D eigenvalue weighted by Crippen LogP contribution is 2.27. The normalized spacial score (nSPS) is 14.0. The Labute approximate surface area is 185 Å². The summed E-state index contributed by atoms with van der Waals surface area (Å²) in [7, 11) is 0. The molecule has 0 radical (unpaired) electrons. The standard InChI is InChI=1S/C24H26N2O6/c1-12(2)10-18(26-22(29)16-8-6-7-9-17(16)23(26)30)24(31)32-11-19(28)21-13(3)20(15(5)27)14(4)25-21/h6-9,12,18,25H,10-11H2,1-5H3. The highest BCUT2D eigenvalue weighted by atomic mass is 16.5. The van der Waals surface area contributed by atoms with Crippen molar-refractivity contribution in [2.75, 3.05) is 6.61 Å². The number of amides is 2. The van der Waals surface area contributed by atoms with E-state index in [-0.39, 0.29) is 34.9 Å². The van der Waals surface area contributed by atoms with Crippen molar-refractivity contribution in [1.82, 2.24) is 9.88 Å². The summed E-state index contributed by atoms with van der Waals surface area (Å²) in [5.41, 5.74) is 2.17. The molecule has 2 aromatic rings. The van der Waals surface area contributed by atoms with E-state index in [1.165, 1.54) is 6.92 Å². The van der Waals surface area contributed by atoms with Gasteiger partial charge in [0.25, 0.3) is 11.8 Å². The summed E-state index contributed by atoms with van der Waals surface area (Å²) in [5.74, 6) is -2.62.